The largest absolute Gasteiger partial charge is 0.489 e. The zero-order valence-electron chi connectivity index (χ0n) is 14.5. The normalized spacial score (nSPS) is 14.1. The van der Waals surface area contributed by atoms with Crippen molar-refractivity contribution in [1.29, 1.82) is 0 Å². The van der Waals surface area contributed by atoms with E-state index in [1.165, 1.54) is 6.07 Å². The monoisotopic (exact) mass is 319 g/mol. The molecular weight excluding hydrogens is 293 g/mol. The Bertz CT molecular complexity index is 657. The number of nitrogens with two attached hydrogens (primary N) is 1. The van der Waals surface area contributed by atoms with Gasteiger partial charge in [-0.3, -0.25) is 5.10 Å². The molecule has 126 valence electrons. The first kappa shape index (κ1) is 17.5. The third-order valence-corrected chi connectivity index (χ3v) is 3.78. The number of nitrogens with one attached hydrogen (secondary N) is 1. The molecule has 0 bridgehead atoms. The molecule has 5 heteroatoms. The number of rotatable bonds is 6. The number of benzene rings is 1. The summed E-state index contributed by atoms with van der Waals surface area (Å²) < 4.78 is 20.0. The molecule has 0 aliphatic rings. The number of aryl methyl sites for hydroxylation is 2. The van der Waals surface area contributed by atoms with E-state index in [0.29, 0.717) is 5.92 Å². The van der Waals surface area contributed by atoms with E-state index in [9.17, 15) is 4.39 Å². The summed E-state index contributed by atoms with van der Waals surface area (Å²) in [5.41, 5.74) is 9.21. The highest BCUT2D eigenvalue weighted by molar-refractivity contribution is 5.68. The van der Waals surface area contributed by atoms with E-state index in [2.05, 4.69) is 24.0 Å². The van der Waals surface area contributed by atoms with Crippen LogP contribution in [-0.2, 0) is 0 Å². The van der Waals surface area contributed by atoms with Gasteiger partial charge in [0, 0.05) is 16.8 Å². The van der Waals surface area contributed by atoms with Gasteiger partial charge in [0.15, 0.2) is 11.6 Å². The lowest BCUT2D eigenvalue weighted by molar-refractivity contribution is 0.200. The number of halogens is 1. The first-order valence-corrected chi connectivity index (χ1v) is 7.93. The topological polar surface area (TPSA) is 63.9 Å². The first-order chi connectivity index (χ1) is 10.7. The molecule has 0 radical (unpaired) electrons. The molecule has 0 fully saturated rings. The van der Waals surface area contributed by atoms with Crippen LogP contribution in [0.5, 0.6) is 5.75 Å². The van der Waals surface area contributed by atoms with Crippen LogP contribution in [0, 0.1) is 25.6 Å². The number of aromatic nitrogens is 2. The molecule has 0 saturated carbocycles. The van der Waals surface area contributed by atoms with Crippen LogP contribution in [0.3, 0.4) is 0 Å². The van der Waals surface area contributed by atoms with Crippen molar-refractivity contribution in [2.24, 2.45) is 11.7 Å². The molecule has 0 spiro atoms. The Balaban J connectivity index is 2.14. The van der Waals surface area contributed by atoms with Gasteiger partial charge >= 0.3 is 0 Å². The van der Waals surface area contributed by atoms with Gasteiger partial charge in [-0.25, -0.2) is 4.39 Å². The fourth-order valence-corrected chi connectivity index (χ4v) is 2.98. The minimum Gasteiger partial charge on any atom is -0.489 e. The van der Waals surface area contributed by atoms with Crippen molar-refractivity contribution in [3.8, 4) is 16.9 Å². The van der Waals surface area contributed by atoms with Crippen molar-refractivity contribution in [3.63, 3.8) is 0 Å². The molecule has 0 unspecified atom stereocenters. The molecule has 1 atom stereocenters. The predicted octanol–water partition coefficient (Wildman–Crippen LogP) is 3.97. The molecule has 3 N–H and O–H groups in total. The Hall–Kier alpha value is -1.88. The minimum absolute atomic E-state index is 0.230. The fourth-order valence-electron chi connectivity index (χ4n) is 2.98. The molecule has 2 rings (SSSR count). The molecule has 0 aliphatic carbocycles. The average Bonchev–Trinajstić information content (AvgIpc) is 2.75. The Kier molecular flexibility index (Phi) is 5.09. The van der Waals surface area contributed by atoms with Crippen LogP contribution in [0.15, 0.2) is 18.2 Å². The quantitative estimate of drug-likeness (QED) is 0.846. The van der Waals surface area contributed by atoms with Gasteiger partial charge in [0.05, 0.1) is 5.69 Å². The summed E-state index contributed by atoms with van der Waals surface area (Å²) in [7, 11) is 0. The lowest BCUT2D eigenvalue weighted by atomic mass is 9.93. The lowest BCUT2D eigenvalue weighted by Crippen LogP contribution is -2.43. The van der Waals surface area contributed by atoms with Gasteiger partial charge in [0.25, 0.3) is 0 Å². The maximum Gasteiger partial charge on any atom is 0.165 e. The lowest BCUT2D eigenvalue weighted by Gasteiger charge is -2.26. The van der Waals surface area contributed by atoms with Gasteiger partial charge < -0.3 is 10.5 Å². The second kappa shape index (κ2) is 6.71. The van der Waals surface area contributed by atoms with E-state index in [1.54, 1.807) is 6.07 Å². The SMILES string of the molecule is Cc1n[nH]c(C)c1-c1ccc(OC[C@@](C)(N)CC(C)C)c(F)c1. The predicted molar refractivity (Wildman–Crippen MR) is 91.0 cm³/mol. The molecular formula is C18H26FN3O. The van der Waals surface area contributed by atoms with Crippen molar-refractivity contribution in [1.82, 2.24) is 10.2 Å². The molecule has 1 heterocycles. The number of ether oxygens (including phenoxy) is 1. The molecule has 4 nitrogen and oxygen atoms in total. The number of aromatic amines is 1. The summed E-state index contributed by atoms with van der Waals surface area (Å²) in [6.45, 7) is 10.2. The Labute approximate surface area is 137 Å². The Morgan fingerprint density at radius 3 is 2.57 bits per heavy atom. The van der Waals surface area contributed by atoms with Crippen LogP contribution >= 0.6 is 0 Å². The van der Waals surface area contributed by atoms with Crippen LogP contribution in [0.1, 0.15) is 38.6 Å². The summed E-state index contributed by atoms with van der Waals surface area (Å²) >= 11 is 0. The maximum atomic E-state index is 14.3. The Morgan fingerprint density at radius 1 is 1.35 bits per heavy atom. The van der Waals surface area contributed by atoms with Crippen molar-refractivity contribution >= 4 is 0 Å². The van der Waals surface area contributed by atoms with E-state index >= 15 is 0 Å². The van der Waals surface area contributed by atoms with Gasteiger partial charge in [-0.15, -0.1) is 0 Å². The number of H-pyrrole nitrogens is 1. The van der Waals surface area contributed by atoms with Gasteiger partial charge in [-0.1, -0.05) is 19.9 Å². The number of nitrogens with zero attached hydrogens (tertiary/aromatic N) is 1. The second-order valence-corrected chi connectivity index (χ2v) is 6.99. The van der Waals surface area contributed by atoms with Crippen LogP contribution in [0.4, 0.5) is 4.39 Å². The summed E-state index contributed by atoms with van der Waals surface area (Å²) in [5, 5.41) is 7.06. The molecule has 23 heavy (non-hydrogen) atoms. The molecule has 0 aliphatic heterocycles. The van der Waals surface area contributed by atoms with Crippen molar-refractivity contribution in [2.45, 2.75) is 46.6 Å². The van der Waals surface area contributed by atoms with Gasteiger partial charge in [0.1, 0.15) is 6.61 Å². The van der Waals surface area contributed by atoms with E-state index in [1.807, 2.05) is 26.8 Å². The highest BCUT2D eigenvalue weighted by Crippen LogP contribution is 2.29. The number of hydrogen-bond acceptors (Lipinski definition) is 3. The van der Waals surface area contributed by atoms with E-state index in [0.717, 1.165) is 28.9 Å². The van der Waals surface area contributed by atoms with Crippen LogP contribution < -0.4 is 10.5 Å². The fraction of sp³-hybridized carbons (Fsp3) is 0.500. The molecule has 1 aromatic carbocycles. The summed E-state index contributed by atoms with van der Waals surface area (Å²) in [5.74, 6) is 0.309. The van der Waals surface area contributed by atoms with Crippen LogP contribution in [0.2, 0.25) is 0 Å². The maximum absolute atomic E-state index is 14.3. The zero-order valence-corrected chi connectivity index (χ0v) is 14.5. The van der Waals surface area contributed by atoms with Crippen LogP contribution in [0.25, 0.3) is 11.1 Å². The average molecular weight is 319 g/mol. The number of hydrogen-bond donors (Lipinski definition) is 2. The van der Waals surface area contributed by atoms with Crippen molar-refractivity contribution < 1.29 is 9.13 Å². The Morgan fingerprint density at radius 2 is 2.04 bits per heavy atom. The van der Waals surface area contributed by atoms with Crippen molar-refractivity contribution in [3.05, 3.63) is 35.4 Å². The van der Waals surface area contributed by atoms with Gasteiger partial charge in [-0.05, 0) is 50.8 Å². The summed E-state index contributed by atoms with van der Waals surface area (Å²) in [6.07, 6.45) is 0.820. The third kappa shape index (κ3) is 4.32. The molecule has 2 aromatic rings. The standard InChI is InChI=1S/C18H26FN3O/c1-11(2)9-18(5,20)10-23-16-7-6-14(8-15(16)19)17-12(3)21-22-13(17)4/h6-8,11H,9-10,20H2,1-5H3,(H,21,22)/t18-/m0/s1. The van der Waals surface area contributed by atoms with E-state index in [-0.39, 0.29) is 18.2 Å². The highest BCUT2D eigenvalue weighted by Gasteiger charge is 2.22. The molecule has 1 aromatic heterocycles. The van der Waals surface area contributed by atoms with Gasteiger partial charge in [0.2, 0.25) is 0 Å². The van der Waals surface area contributed by atoms with Crippen LogP contribution in [-0.4, -0.2) is 22.3 Å². The van der Waals surface area contributed by atoms with E-state index in [4.69, 9.17) is 10.5 Å². The summed E-state index contributed by atoms with van der Waals surface area (Å²) in [6, 6.07) is 4.98. The van der Waals surface area contributed by atoms with E-state index < -0.39 is 5.54 Å². The van der Waals surface area contributed by atoms with Gasteiger partial charge in [-0.2, -0.15) is 5.10 Å². The summed E-state index contributed by atoms with van der Waals surface area (Å²) in [4.78, 5) is 0. The molecule has 0 saturated heterocycles. The highest BCUT2D eigenvalue weighted by atomic mass is 19.1. The second-order valence-electron chi connectivity index (χ2n) is 6.99. The first-order valence-electron chi connectivity index (χ1n) is 7.93. The molecule has 0 amide bonds. The van der Waals surface area contributed by atoms with Crippen molar-refractivity contribution in [2.75, 3.05) is 6.61 Å². The third-order valence-electron chi connectivity index (χ3n) is 3.78. The smallest absolute Gasteiger partial charge is 0.165 e. The minimum atomic E-state index is -0.475. The zero-order chi connectivity index (χ0) is 17.2.